The number of nitrogens with zero attached hydrogens (tertiary/aromatic N) is 2. The first-order chi connectivity index (χ1) is 14.4. The molecule has 0 saturated carbocycles. The third kappa shape index (κ3) is 5.07. The van der Waals surface area contributed by atoms with Gasteiger partial charge in [-0.3, -0.25) is 0 Å². The van der Waals surface area contributed by atoms with Gasteiger partial charge in [-0.25, -0.2) is 14.4 Å². The van der Waals surface area contributed by atoms with Gasteiger partial charge in [0, 0.05) is 11.4 Å². The topological polar surface area (TPSA) is 152 Å². The summed E-state index contributed by atoms with van der Waals surface area (Å²) in [5, 5.41) is 11.3. The molecule has 1 aromatic heterocycles. The zero-order valence-corrected chi connectivity index (χ0v) is 16.9. The van der Waals surface area contributed by atoms with Crippen LogP contribution < -0.4 is 16.8 Å². The van der Waals surface area contributed by atoms with Crippen molar-refractivity contribution in [3.8, 4) is 16.5 Å². The Bertz CT molecular complexity index is 996. The van der Waals surface area contributed by atoms with Crippen molar-refractivity contribution in [1.82, 2.24) is 4.90 Å². The Labute approximate surface area is 177 Å². The molecule has 156 valence electrons. The molecule has 1 aromatic carbocycles. The quantitative estimate of drug-likeness (QED) is 0.627. The summed E-state index contributed by atoms with van der Waals surface area (Å²) < 4.78 is 5.57. The fraction of sp³-hybridized carbons (Fsp3) is 0.300. The second-order valence-corrected chi connectivity index (χ2v) is 7.88. The minimum Gasteiger partial charge on any atom is -0.456 e. The highest BCUT2D eigenvalue weighted by atomic mass is 32.1. The maximum Gasteiger partial charge on any atom is 0.350 e. The number of ether oxygens (including phenoxy) is 1. The van der Waals surface area contributed by atoms with Gasteiger partial charge in [0.05, 0.1) is 24.7 Å². The number of rotatable bonds is 5. The van der Waals surface area contributed by atoms with Crippen LogP contribution in [0, 0.1) is 11.3 Å². The second-order valence-electron chi connectivity index (χ2n) is 6.83. The number of benzene rings is 1. The van der Waals surface area contributed by atoms with Gasteiger partial charge in [-0.1, -0.05) is 24.3 Å². The lowest BCUT2D eigenvalue weighted by atomic mass is 10.1. The predicted octanol–water partition coefficient (Wildman–Crippen LogP) is 2.67. The largest absolute Gasteiger partial charge is 0.456 e. The average Bonchev–Trinajstić information content (AvgIpc) is 3.12. The SMILES string of the molecule is N#CCc1ccc(-c2cc(NC(N)=O)c(C(=O)OC3CCCN(C(N)=O)C3)s2)cc1. The van der Waals surface area contributed by atoms with Gasteiger partial charge < -0.3 is 26.4 Å². The van der Waals surface area contributed by atoms with Gasteiger partial charge in [-0.05, 0) is 30.0 Å². The van der Waals surface area contributed by atoms with Crippen LogP contribution in [0.1, 0.15) is 28.1 Å². The third-order valence-corrected chi connectivity index (χ3v) is 5.82. The van der Waals surface area contributed by atoms with Crippen molar-refractivity contribution in [3.63, 3.8) is 0 Å². The number of likely N-dealkylation sites (tertiary alicyclic amines) is 1. The Kier molecular flexibility index (Phi) is 6.54. The molecule has 1 aliphatic rings. The smallest absolute Gasteiger partial charge is 0.350 e. The van der Waals surface area contributed by atoms with Crippen LogP contribution in [0.15, 0.2) is 30.3 Å². The summed E-state index contributed by atoms with van der Waals surface area (Å²) in [7, 11) is 0. The summed E-state index contributed by atoms with van der Waals surface area (Å²) in [6.45, 7) is 0.765. The highest BCUT2D eigenvalue weighted by Crippen LogP contribution is 2.36. The highest BCUT2D eigenvalue weighted by molar-refractivity contribution is 7.18. The van der Waals surface area contributed by atoms with Crippen LogP contribution in [0.2, 0.25) is 0 Å². The van der Waals surface area contributed by atoms with E-state index in [1.54, 1.807) is 6.07 Å². The molecular weight excluding hydrogens is 406 g/mol. The number of piperidine rings is 1. The number of esters is 1. The summed E-state index contributed by atoms with van der Waals surface area (Å²) >= 11 is 1.16. The zero-order chi connectivity index (χ0) is 21.7. The van der Waals surface area contributed by atoms with Crippen LogP contribution in [0.25, 0.3) is 10.4 Å². The molecule has 5 N–H and O–H groups in total. The van der Waals surface area contributed by atoms with Crippen LogP contribution in [0.4, 0.5) is 15.3 Å². The summed E-state index contributed by atoms with van der Waals surface area (Å²) in [5.74, 6) is -0.604. The van der Waals surface area contributed by atoms with Gasteiger partial charge in [-0.15, -0.1) is 11.3 Å². The van der Waals surface area contributed by atoms with Crippen LogP contribution in [-0.4, -0.2) is 42.1 Å². The summed E-state index contributed by atoms with van der Waals surface area (Å²) in [6.07, 6.45) is 1.13. The number of primary amides is 2. The van der Waals surface area contributed by atoms with E-state index in [9.17, 15) is 14.4 Å². The van der Waals surface area contributed by atoms with E-state index in [4.69, 9.17) is 21.5 Å². The van der Waals surface area contributed by atoms with Crippen molar-refractivity contribution in [2.75, 3.05) is 18.4 Å². The lowest BCUT2D eigenvalue weighted by Crippen LogP contribution is -2.46. The van der Waals surface area contributed by atoms with Crippen LogP contribution >= 0.6 is 11.3 Å². The lowest BCUT2D eigenvalue weighted by molar-refractivity contribution is 0.0134. The summed E-state index contributed by atoms with van der Waals surface area (Å²) in [4.78, 5) is 38.0. The van der Waals surface area contributed by atoms with E-state index < -0.39 is 24.1 Å². The van der Waals surface area contributed by atoms with E-state index in [0.29, 0.717) is 25.8 Å². The molecule has 3 rings (SSSR count). The first-order valence-corrected chi connectivity index (χ1v) is 10.1. The fourth-order valence-electron chi connectivity index (χ4n) is 3.23. The van der Waals surface area contributed by atoms with Crippen molar-refractivity contribution in [3.05, 3.63) is 40.8 Å². The zero-order valence-electron chi connectivity index (χ0n) is 16.1. The molecule has 1 fully saturated rings. The second kappa shape index (κ2) is 9.28. The van der Waals surface area contributed by atoms with Gasteiger partial charge in [0.15, 0.2) is 0 Å². The Morgan fingerprint density at radius 3 is 2.63 bits per heavy atom. The number of hydrogen-bond acceptors (Lipinski definition) is 6. The molecule has 9 nitrogen and oxygen atoms in total. The summed E-state index contributed by atoms with van der Waals surface area (Å²) in [6, 6.07) is 9.74. The number of amides is 4. The molecule has 2 heterocycles. The van der Waals surface area contributed by atoms with Crippen LogP contribution in [-0.2, 0) is 11.2 Å². The molecule has 4 amide bonds. The van der Waals surface area contributed by atoms with Gasteiger partial charge in [0.25, 0.3) is 0 Å². The van der Waals surface area contributed by atoms with Crippen molar-refractivity contribution in [1.29, 1.82) is 5.26 Å². The molecule has 0 bridgehead atoms. The van der Waals surface area contributed by atoms with Crippen molar-refractivity contribution < 1.29 is 19.1 Å². The number of carbonyl (C=O) groups is 3. The molecule has 1 unspecified atom stereocenters. The van der Waals surface area contributed by atoms with E-state index in [2.05, 4.69) is 11.4 Å². The van der Waals surface area contributed by atoms with Crippen LogP contribution in [0.5, 0.6) is 0 Å². The minimum absolute atomic E-state index is 0.209. The van der Waals surface area contributed by atoms with Gasteiger partial charge in [-0.2, -0.15) is 5.26 Å². The first-order valence-electron chi connectivity index (χ1n) is 9.29. The molecule has 1 aliphatic heterocycles. The van der Waals surface area contributed by atoms with E-state index in [-0.39, 0.29) is 17.1 Å². The molecule has 0 spiro atoms. The number of urea groups is 2. The number of nitrogens with one attached hydrogen (secondary N) is 1. The maximum absolute atomic E-state index is 12.8. The Morgan fingerprint density at radius 1 is 1.27 bits per heavy atom. The van der Waals surface area contributed by atoms with Gasteiger partial charge >= 0.3 is 18.0 Å². The predicted molar refractivity (Wildman–Crippen MR) is 112 cm³/mol. The first kappa shape index (κ1) is 21.1. The number of carbonyl (C=O) groups excluding carboxylic acids is 3. The van der Waals surface area contributed by atoms with E-state index >= 15 is 0 Å². The Morgan fingerprint density at radius 2 is 2.00 bits per heavy atom. The Balaban J connectivity index is 1.82. The van der Waals surface area contributed by atoms with Crippen molar-refractivity contribution in [2.24, 2.45) is 11.5 Å². The van der Waals surface area contributed by atoms with Crippen molar-refractivity contribution in [2.45, 2.75) is 25.4 Å². The molecule has 2 aromatic rings. The van der Waals surface area contributed by atoms with Gasteiger partial charge in [0.2, 0.25) is 0 Å². The van der Waals surface area contributed by atoms with E-state index in [1.807, 2.05) is 24.3 Å². The number of thiophene rings is 1. The normalized spacial score (nSPS) is 15.8. The highest BCUT2D eigenvalue weighted by Gasteiger charge is 2.27. The molecule has 30 heavy (non-hydrogen) atoms. The molecular formula is C20H21N5O4S. The Hall–Kier alpha value is -3.58. The number of nitrogens with two attached hydrogens (primary N) is 2. The molecule has 0 radical (unpaired) electrons. The monoisotopic (exact) mass is 427 g/mol. The van der Waals surface area contributed by atoms with Crippen molar-refractivity contribution >= 4 is 35.1 Å². The fourth-order valence-corrected chi connectivity index (χ4v) is 4.23. The van der Waals surface area contributed by atoms with E-state index in [0.717, 1.165) is 27.3 Å². The number of nitriles is 1. The lowest BCUT2D eigenvalue weighted by Gasteiger charge is -2.31. The van der Waals surface area contributed by atoms with Gasteiger partial charge in [0.1, 0.15) is 11.0 Å². The maximum atomic E-state index is 12.8. The number of anilines is 1. The summed E-state index contributed by atoms with van der Waals surface area (Å²) in [5.41, 5.74) is 12.5. The molecule has 1 saturated heterocycles. The standard InChI is InChI=1S/C20H21N5O4S/c21-8-7-12-3-5-13(6-4-12)16-10-15(24-19(22)27)17(30-16)18(26)29-14-2-1-9-25(11-14)20(23)28/h3-6,10,14H,1-2,7,9,11H2,(H2,23,28)(H3,22,24,27). The third-order valence-electron chi connectivity index (χ3n) is 4.66. The molecule has 0 aliphatic carbocycles. The minimum atomic E-state index is -0.796. The molecule has 1 atom stereocenters. The van der Waals surface area contributed by atoms with E-state index in [1.165, 1.54) is 4.90 Å². The number of hydrogen-bond donors (Lipinski definition) is 3. The average molecular weight is 427 g/mol. The molecule has 10 heteroatoms. The van der Waals surface area contributed by atoms with Crippen LogP contribution in [0.3, 0.4) is 0 Å².